The Morgan fingerprint density at radius 2 is 2.08 bits per heavy atom. The van der Waals surface area contributed by atoms with Crippen LogP contribution in [0.2, 0.25) is 0 Å². The second-order valence-corrected chi connectivity index (χ2v) is 3.31. The SMILES string of the molecule is CC(C)Cn1ccc(C(F)(F)F)n1. The summed E-state index contributed by atoms with van der Waals surface area (Å²) in [6.07, 6.45) is -2.98. The fourth-order valence-electron chi connectivity index (χ4n) is 0.989. The van der Waals surface area contributed by atoms with Crippen molar-refractivity contribution < 1.29 is 13.2 Å². The van der Waals surface area contributed by atoms with Crippen molar-refractivity contribution in [1.29, 1.82) is 0 Å². The first-order valence-corrected chi connectivity index (χ1v) is 4.00. The van der Waals surface area contributed by atoms with Crippen LogP contribution in [0.3, 0.4) is 0 Å². The number of alkyl halides is 3. The average molecular weight is 192 g/mol. The van der Waals surface area contributed by atoms with Gasteiger partial charge in [-0.3, -0.25) is 4.68 Å². The third kappa shape index (κ3) is 2.75. The number of hydrogen-bond donors (Lipinski definition) is 0. The highest BCUT2D eigenvalue weighted by Crippen LogP contribution is 2.27. The smallest absolute Gasteiger partial charge is 0.272 e. The van der Waals surface area contributed by atoms with Crippen molar-refractivity contribution in [3.8, 4) is 0 Å². The van der Waals surface area contributed by atoms with Gasteiger partial charge in [0.25, 0.3) is 0 Å². The van der Waals surface area contributed by atoms with E-state index >= 15 is 0 Å². The number of aromatic nitrogens is 2. The third-order valence-electron chi connectivity index (χ3n) is 1.48. The molecule has 5 heteroatoms. The molecule has 0 atom stereocenters. The summed E-state index contributed by atoms with van der Waals surface area (Å²) in [5, 5.41) is 3.41. The van der Waals surface area contributed by atoms with Gasteiger partial charge in [-0.25, -0.2) is 0 Å². The lowest BCUT2D eigenvalue weighted by molar-refractivity contribution is -0.141. The lowest BCUT2D eigenvalue weighted by atomic mass is 10.2. The minimum atomic E-state index is -4.33. The van der Waals surface area contributed by atoms with Gasteiger partial charge in [-0.1, -0.05) is 13.8 Å². The highest BCUT2D eigenvalue weighted by Gasteiger charge is 2.33. The zero-order chi connectivity index (χ0) is 10.1. The van der Waals surface area contributed by atoms with Gasteiger partial charge < -0.3 is 0 Å². The molecule has 74 valence electrons. The summed E-state index contributed by atoms with van der Waals surface area (Å²) in [4.78, 5) is 0. The van der Waals surface area contributed by atoms with Crippen molar-refractivity contribution in [1.82, 2.24) is 9.78 Å². The first-order chi connectivity index (χ1) is 5.89. The first-order valence-electron chi connectivity index (χ1n) is 4.00. The standard InChI is InChI=1S/C8H11F3N2/c1-6(2)5-13-4-3-7(12-13)8(9,10)11/h3-4,6H,5H2,1-2H3. The molecule has 1 heterocycles. The minimum Gasteiger partial charge on any atom is -0.272 e. The maximum Gasteiger partial charge on any atom is 0.435 e. The third-order valence-corrected chi connectivity index (χ3v) is 1.48. The molecule has 0 amide bonds. The molecule has 0 aliphatic rings. The Bertz CT molecular complexity index is 275. The van der Waals surface area contributed by atoms with E-state index in [4.69, 9.17) is 0 Å². The van der Waals surface area contributed by atoms with E-state index in [1.807, 2.05) is 13.8 Å². The van der Waals surface area contributed by atoms with Gasteiger partial charge in [0.1, 0.15) is 0 Å². The molecule has 0 bridgehead atoms. The molecule has 0 unspecified atom stereocenters. The molecule has 0 aliphatic carbocycles. The highest BCUT2D eigenvalue weighted by atomic mass is 19.4. The van der Waals surface area contributed by atoms with Gasteiger partial charge >= 0.3 is 6.18 Å². The molecule has 0 aromatic carbocycles. The van der Waals surface area contributed by atoms with Crippen LogP contribution in [0.4, 0.5) is 13.2 Å². The number of rotatable bonds is 2. The van der Waals surface area contributed by atoms with E-state index in [1.54, 1.807) is 0 Å². The number of halogens is 3. The van der Waals surface area contributed by atoms with Crippen LogP contribution in [0.1, 0.15) is 19.5 Å². The van der Waals surface area contributed by atoms with Crippen LogP contribution in [-0.4, -0.2) is 9.78 Å². The maximum atomic E-state index is 12.1. The lowest BCUT2D eigenvalue weighted by Crippen LogP contribution is -2.09. The van der Waals surface area contributed by atoms with E-state index in [-0.39, 0.29) is 0 Å². The fraction of sp³-hybridized carbons (Fsp3) is 0.625. The Morgan fingerprint density at radius 1 is 1.46 bits per heavy atom. The molecule has 13 heavy (non-hydrogen) atoms. The molecule has 0 N–H and O–H groups in total. The summed E-state index contributed by atoms with van der Waals surface area (Å²) in [6, 6.07) is 0.988. The molecule has 0 radical (unpaired) electrons. The number of nitrogens with zero attached hydrogens (tertiary/aromatic N) is 2. The van der Waals surface area contributed by atoms with Crippen LogP contribution in [0, 0.1) is 5.92 Å². The highest BCUT2D eigenvalue weighted by molar-refractivity contribution is 5.03. The second kappa shape index (κ2) is 3.40. The summed E-state index contributed by atoms with van der Waals surface area (Å²) in [6.45, 7) is 4.36. The molecule has 1 aromatic rings. The largest absolute Gasteiger partial charge is 0.435 e. The average Bonchev–Trinajstić information content (AvgIpc) is 2.32. The Balaban J connectivity index is 2.75. The predicted molar refractivity (Wildman–Crippen MR) is 42.1 cm³/mol. The van der Waals surface area contributed by atoms with Gasteiger partial charge in [0.15, 0.2) is 5.69 Å². The molecule has 0 saturated heterocycles. The van der Waals surface area contributed by atoms with Crippen molar-refractivity contribution in [3.63, 3.8) is 0 Å². The molecule has 0 aliphatic heterocycles. The van der Waals surface area contributed by atoms with Gasteiger partial charge in [-0.15, -0.1) is 0 Å². The van der Waals surface area contributed by atoms with Crippen LogP contribution in [0.15, 0.2) is 12.3 Å². The van der Waals surface area contributed by atoms with Crippen LogP contribution < -0.4 is 0 Å². The summed E-state index contributed by atoms with van der Waals surface area (Å²) in [5.74, 6) is 0.293. The monoisotopic (exact) mass is 192 g/mol. The maximum absolute atomic E-state index is 12.1. The molecule has 1 rings (SSSR count). The van der Waals surface area contributed by atoms with Crippen molar-refractivity contribution in [2.75, 3.05) is 0 Å². The molecule has 0 spiro atoms. The van der Waals surface area contributed by atoms with Crippen molar-refractivity contribution >= 4 is 0 Å². The van der Waals surface area contributed by atoms with Crippen LogP contribution in [0.5, 0.6) is 0 Å². The fourth-order valence-corrected chi connectivity index (χ4v) is 0.989. The lowest BCUT2D eigenvalue weighted by Gasteiger charge is -2.04. The van der Waals surface area contributed by atoms with Crippen LogP contribution in [0.25, 0.3) is 0 Å². The predicted octanol–water partition coefficient (Wildman–Crippen LogP) is 2.56. The zero-order valence-electron chi connectivity index (χ0n) is 7.47. The van der Waals surface area contributed by atoms with E-state index < -0.39 is 11.9 Å². The summed E-state index contributed by atoms with van der Waals surface area (Å²) >= 11 is 0. The van der Waals surface area contributed by atoms with E-state index in [0.717, 1.165) is 6.07 Å². The van der Waals surface area contributed by atoms with Gasteiger partial charge in [0.05, 0.1) is 0 Å². The minimum absolute atomic E-state index is 0.293. The van der Waals surface area contributed by atoms with Crippen molar-refractivity contribution in [2.24, 2.45) is 5.92 Å². The van der Waals surface area contributed by atoms with E-state index in [9.17, 15) is 13.2 Å². The van der Waals surface area contributed by atoms with Gasteiger partial charge in [0.2, 0.25) is 0 Å². The molecule has 2 nitrogen and oxygen atoms in total. The summed E-state index contributed by atoms with van der Waals surface area (Å²) in [5.41, 5.74) is -0.826. The summed E-state index contributed by atoms with van der Waals surface area (Å²) < 4.78 is 37.5. The Hall–Kier alpha value is -1.00. The van der Waals surface area contributed by atoms with Crippen LogP contribution in [-0.2, 0) is 12.7 Å². The Kier molecular flexibility index (Phi) is 2.63. The molecule has 0 saturated carbocycles. The van der Waals surface area contributed by atoms with Crippen LogP contribution >= 0.6 is 0 Å². The van der Waals surface area contributed by atoms with Crippen molar-refractivity contribution in [2.45, 2.75) is 26.6 Å². The van der Waals surface area contributed by atoms with E-state index in [2.05, 4.69) is 5.10 Å². The van der Waals surface area contributed by atoms with Gasteiger partial charge in [-0.05, 0) is 12.0 Å². The first kappa shape index (κ1) is 10.1. The van der Waals surface area contributed by atoms with Gasteiger partial charge in [0, 0.05) is 12.7 Å². The van der Waals surface area contributed by atoms with E-state index in [0.29, 0.717) is 12.5 Å². The number of hydrogen-bond acceptors (Lipinski definition) is 1. The molecular formula is C8H11F3N2. The normalized spacial score (nSPS) is 12.5. The Morgan fingerprint density at radius 3 is 2.46 bits per heavy atom. The topological polar surface area (TPSA) is 17.8 Å². The van der Waals surface area contributed by atoms with Gasteiger partial charge in [-0.2, -0.15) is 18.3 Å². The molecular weight excluding hydrogens is 181 g/mol. The van der Waals surface area contributed by atoms with E-state index in [1.165, 1.54) is 10.9 Å². The molecule has 1 aromatic heterocycles. The van der Waals surface area contributed by atoms with Crippen molar-refractivity contribution in [3.05, 3.63) is 18.0 Å². The summed E-state index contributed by atoms with van der Waals surface area (Å²) in [7, 11) is 0. The zero-order valence-corrected chi connectivity index (χ0v) is 7.47. The molecule has 0 fully saturated rings. The quantitative estimate of drug-likeness (QED) is 0.704. The Labute approximate surface area is 74.4 Å². The second-order valence-electron chi connectivity index (χ2n) is 3.31.